The molecule has 6 heteroatoms. The predicted molar refractivity (Wildman–Crippen MR) is 60.1 cm³/mol. The van der Waals surface area contributed by atoms with E-state index in [1.165, 1.54) is 19.3 Å². The van der Waals surface area contributed by atoms with Crippen LogP contribution in [0.3, 0.4) is 0 Å². The lowest BCUT2D eigenvalue weighted by Crippen LogP contribution is -2.07. The standard InChI is InChI=1S/C12H11NO5/c1-18-11(17)7-4-8(10(16)5-9(7)15)12(2-3-12)13-6-14/h4-5,15-16H,2-3H2,1H3. The predicted octanol–water partition coefficient (Wildman–Crippen LogP) is 1.21. The molecule has 0 aliphatic heterocycles. The van der Waals surface area contributed by atoms with Gasteiger partial charge < -0.3 is 14.9 Å². The van der Waals surface area contributed by atoms with E-state index >= 15 is 0 Å². The molecule has 2 N–H and O–H groups in total. The lowest BCUT2D eigenvalue weighted by molar-refractivity contribution is 0.0597. The first-order valence-corrected chi connectivity index (χ1v) is 5.28. The van der Waals surface area contributed by atoms with Crippen molar-refractivity contribution in [2.75, 3.05) is 7.11 Å². The average Bonchev–Trinajstić information content (AvgIpc) is 3.09. The Bertz CT molecular complexity index is 556. The summed E-state index contributed by atoms with van der Waals surface area (Å²) in [6.45, 7) is 0. The van der Waals surface area contributed by atoms with Crippen molar-refractivity contribution in [1.29, 1.82) is 0 Å². The van der Waals surface area contributed by atoms with Gasteiger partial charge in [0.05, 0.1) is 7.11 Å². The number of hydrogen-bond donors (Lipinski definition) is 2. The Hall–Kier alpha value is -2.33. The first-order chi connectivity index (χ1) is 8.54. The molecule has 2 rings (SSSR count). The monoisotopic (exact) mass is 249 g/mol. The van der Waals surface area contributed by atoms with E-state index in [9.17, 15) is 19.8 Å². The molecule has 0 heterocycles. The maximum Gasteiger partial charge on any atom is 0.341 e. The Labute approximate surface area is 103 Å². The number of aliphatic imine (C=N–C) groups is 1. The molecule has 0 amide bonds. The second kappa shape index (κ2) is 4.16. The number of carbonyl (C=O) groups excluding carboxylic acids is 2. The van der Waals surface area contributed by atoms with E-state index in [0.29, 0.717) is 18.4 Å². The van der Waals surface area contributed by atoms with Crippen molar-refractivity contribution in [3.05, 3.63) is 23.3 Å². The summed E-state index contributed by atoms with van der Waals surface area (Å²) in [6.07, 6.45) is 2.63. The number of phenols is 2. The summed E-state index contributed by atoms with van der Waals surface area (Å²) in [5.74, 6) is -1.31. The molecule has 0 aromatic heterocycles. The highest BCUT2D eigenvalue weighted by Gasteiger charge is 2.47. The number of carbonyl (C=O) groups is 1. The summed E-state index contributed by atoms with van der Waals surface area (Å²) < 4.78 is 4.52. The first kappa shape index (κ1) is 12.1. The van der Waals surface area contributed by atoms with E-state index in [0.717, 1.165) is 6.07 Å². The average molecular weight is 249 g/mol. The molecule has 0 unspecified atom stereocenters. The van der Waals surface area contributed by atoms with Gasteiger partial charge in [-0.15, -0.1) is 0 Å². The quantitative estimate of drug-likeness (QED) is 0.477. The molecule has 1 aliphatic rings. The van der Waals surface area contributed by atoms with Gasteiger partial charge >= 0.3 is 5.97 Å². The number of methoxy groups -OCH3 is 1. The third kappa shape index (κ3) is 1.83. The van der Waals surface area contributed by atoms with Gasteiger partial charge in [0.1, 0.15) is 22.6 Å². The van der Waals surface area contributed by atoms with E-state index in [1.807, 2.05) is 0 Å². The smallest absolute Gasteiger partial charge is 0.341 e. The third-order valence-electron chi connectivity index (χ3n) is 3.00. The molecule has 1 aromatic carbocycles. The van der Waals surface area contributed by atoms with Crippen LogP contribution in [0.5, 0.6) is 11.5 Å². The van der Waals surface area contributed by atoms with Gasteiger partial charge in [0, 0.05) is 11.6 Å². The summed E-state index contributed by atoms with van der Waals surface area (Å²) in [5.41, 5.74) is -0.566. The van der Waals surface area contributed by atoms with Crippen molar-refractivity contribution in [2.24, 2.45) is 4.99 Å². The number of hydrogen-bond acceptors (Lipinski definition) is 6. The summed E-state index contributed by atoms with van der Waals surface area (Å²) in [5, 5.41) is 19.3. The Morgan fingerprint density at radius 3 is 2.56 bits per heavy atom. The van der Waals surface area contributed by atoms with Crippen LogP contribution in [0.4, 0.5) is 0 Å². The lowest BCUT2D eigenvalue weighted by atomic mass is 10.0. The van der Waals surface area contributed by atoms with Crippen LogP contribution in [0.1, 0.15) is 28.8 Å². The number of nitrogens with zero attached hydrogens (tertiary/aromatic N) is 1. The molecule has 1 saturated carbocycles. The number of ether oxygens (including phenoxy) is 1. The number of esters is 1. The molecule has 0 bridgehead atoms. The van der Waals surface area contributed by atoms with Crippen molar-refractivity contribution in [3.8, 4) is 11.5 Å². The zero-order valence-corrected chi connectivity index (χ0v) is 9.64. The summed E-state index contributed by atoms with van der Waals surface area (Å²) >= 11 is 0. The molecule has 0 atom stereocenters. The fourth-order valence-corrected chi connectivity index (χ4v) is 1.87. The van der Waals surface area contributed by atoms with Crippen molar-refractivity contribution in [2.45, 2.75) is 18.4 Å². The maximum absolute atomic E-state index is 11.4. The fraction of sp³-hybridized carbons (Fsp3) is 0.333. The lowest BCUT2D eigenvalue weighted by Gasteiger charge is -2.13. The van der Waals surface area contributed by atoms with Gasteiger partial charge in [-0.1, -0.05) is 0 Å². The van der Waals surface area contributed by atoms with Gasteiger partial charge in [0.25, 0.3) is 0 Å². The minimum atomic E-state index is -0.817. The molecule has 0 spiro atoms. The Morgan fingerprint density at radius 1 is 1.39 bits per heavy atom. The van der Waals surface area contributed by atoms with Gasteiger partial charge in [0.15, 0.2) is 0 Å². The Morgan fingerprint density at radius 2 is 2.06 bits per heavy atom. The van der Waals surface area contributed by atoms with E-state index in [4.69, 9.17) is 0 Å². The molecule has 6 nitrogen and oxygen atoms in total. The molecule has 94 valence electrons. The maximum atomic E-state index is 11.4. The fourth-order valence-electron chi connectivity index (χ4n) is 1.87. The van der Waals surface area contributed by atoms with E-state index < -0.39 is 11.5 Å². The summed E-state index contributed by atoms with van der Waals surface area (Å²) in [4.78, 5) is 25.5. The molecular formula is C12H11NO5. The molecule has 1 aromatic rings. The van der Waals surface area contributed by atoms with Crippen molar-refractivity contribution < 1.29 is 24.5 Å². The highest BCUT2D eigenvalue weighted by Crippen LogP contribution is 2.53. The second-order valence-electron chi connectivity index (χ2n) is 4.11. The number of aromatic hydroxyl groups is 2. The third-order valence-corrected chi connectivity index (χ3v) is 3.00. The molecule has 0 saturated heterocycles. The molecule has 1 aliphatic carbocycles. The van der Waals surface area contributed by atoms with Crippen molar-refractivity contribution in [3.63, 3.8) is 0 Å². The number of phenolic OH excluding ortho intramolecular Hbond substituents is 2. The highest BCUT2D eigenvalue weighted by molar-refractivity contribution is 5.93. The van der Waals surface area contributed by atoms with Gasteiger partial charge in [-0.2, -0.15) is 4.99 Å². The highest BCUT2D eigenvalue weighted by atomic mass is 16.5. The number of rotatable bonds is 3. The largest absolute Gasteiger partial charge is 0.507 e. The zero-order chi connectivity index (χ0) is 13.3. The minimum absolute atomic E-state index is 0.0716. The molecule has 1 fully saturated rings. The van der Waals surface area contributed by atoms with Crippen LogP contribution in [0.25, 0.3) is 0 Å². The van der Waals surface area contributed by atoms with Crippen LogP contribution in [0.15, 0.2) is 17.1 Å². The normalized spacial score (nSPS) is 15.6. The van der Waals surface area contributed by atoms with E-state index in [2.05, 4.69) is 9.73 Å². The minimum Gasteiger partial charge on any atom is -0.507 e. The van der Waals surface area contributed by atoms with Crippen LogP contribution in [-0.2, 0) is 15.1 Å². The number of isocyanates is 1. The van der Waals surface area contributed by atoms with Crippen molar-refractivity contribution >= 4 is 12.0 Å². The summed E-state index contributed by atoms with van der Waals surface area (Å²) in [6, 6.07) is 2.34. The molecule has 18 heavy (non-hydrogen) atoms. The van der Waals surface area contributed by atoms with Crippen LogP contribution in [0, 0.1) is 0 Å². The van der Waals surface area contributed by atoms with E-state index in [-0.39, 0.29) is 17.1 Å². The molecule has 0 radical (unpaired) electrons. The second-order valence-corrected chi connectivity index (χ2v) is 4.11. The Balaban J connectivity index is 2.55. The van der Waals surface area contributed by atoms with Crippen LogP contribution < -0.4 is 0 Å². The topological polar surface area (TPSA) is 96.2 Å². The van der Waals surface area contributed by atoms with Gasteiger partial charge in [0.2, 0.25) is 6.08 Å². The number of benzene rings is 1. The van der Waals surface area contributed by atoms with Gasteiger partial charge in [-0.25, -0.2) is 9.59 Å². The van der Waals surface area contributed by atoms with E-state index in [1.54, 1.807) is 0 Å². The summed E-state index contributed by atoms with van der Waals surface area (Å²) in [7, 11) is 1.19. The Kier molecular flexibility index (Phi) is 2.80. The van der Waals surface area contributed by atoms with Crippen molar-refractivity contribution in [1.82, 2.24) is 0 Å². The molecular weight excluding hydrogens is 238 g/mol. The van der Waals surface area contributed by atoms with Gasteiger partial charge in [-0.05, 0) is 18.9 Å². The van der Waals surface area contributed by atoms with Gasteiger partial charge in [-0.3, -0.25) is 0 Å². The zero-order valence-electron chi connectivity index (χ0n) is 9.64. The SMILES string of the molecule is COC(=O)c1cc(C2(N=C=O)CC2)c(O)cc1O. The van der Waals surface area contributed by atoms with Crippen LogP contribution in [-0.4, -0.2) is 29.4 Å². The van der Waals surface area contributed by atoms with Crippen LogP contribution >= 0.6 is 0 Å². The first-order valence-electron chi connectivity index (χ1n) is 5.28. The van der Waals surface area contributed by atoms with Crippen LogP contribution in [0.2, 0.25) is 0 Å².